The molecule has 0 bridgehead atoms. The van der Waals surface area contributed by atoms with Crippen molar-refractivity contribution in [2.75, 3.05) is 25.0 Å². The van der Waals surface area contributed by atoms with Crippen LogP contribution in [-0.4, -0.2) is 36.0 Å². The molecule has 0 atom stereocenters. The minimum Gasteiger partial charge on any atom is -0.355 e. The number of carbonyl (C=O) groups excluding carboxylic acids is 1. The molecule has 0 spiro atoms. The zero-order valence-corrected chi connectivity index (χ0v) is 12.7. The topological polar surface area (TPSA) is 58.1 Å². The Balaban J connectivity index is 2.84. The summed E-state index contributed by atoms with van der Waals surface area (Å²) in [6.07, 6.45) is 1.64. The Kier molecular flexibility index (Phi) is 6.02. The van der Waals surface area contributed by atoms with E-state index in [-0.39, 0.29) is 12.5 Å². The summed E-state index contributed by atoms with van der Waals surface area (Å²) in [5.74, 6) is 1.38. The lowest BCUT2D eigenvalue weighted by Gasteiger charge is -2.20. The third kappa shape index (κ3) is 4.35. The Hall–Kier alpha value is -1.36. The molecule has 5 nitrogen and oxygen atoms in total. The SMILES string of the molecule is CCCNC(=O)CN(C)c1nc(CC)nc(Cl)c1C. The van der Waals surface area contributed by atoms with Gasteiger partial charge in [0.05, 0.1) is 6.54 Å². The van der Waals surface area contributed by atoms with E-state index in [1.165, 1.54) is 0 Å². The van der Waals surface area contributed by atoms with Gasteiger partial charge in [-0.15, -0.1) is 0 Å². The van der Waals surface area contributed by atoms with E-state index in [1.807, 2.05) is 27.8 Å². The van der Waals surface area contributed by atoms with E-state index in [0.717, 1.165) is 12.0 Å². The first-order valence-corrected chi connectivity index (χ1v) is 6.88. The summed E-state index contributed by atoms with van der Waals surface area (Å²) < 4.78 is 0. The second-order valence-corrected chi connectivity index (χ2v) is 4.80. The first-order chi connectivity index (χ1) is 8.99. The molecule has 0 saturated carbocycles. The summed E-state index contributed by atoms with van der Waals surface area (Å²) >= 11 is 6.08. The summed E-state index contributed by atoms with van der Waals surface area (Å²) in [5.41, 5.74) is 0.796. The lowest BCUT2D eigenvalue weighted by molar-refractivity contribution is -0.119. The third-order valence-corrected chi connectivity index (χ3v) is 3.11. The number of nitrogens with zero attached hydrogens (tertiary/aromatic N) is 3. The Morgan fingerprint density at radius 1 is 1.37 bits per heavy atom. The number of carbonyl (C=O) groups is 1. The summed E-state index contributed by atoms with van der Waals surface area (Å²) in [7, 11) is 1.83. The summed E-state index contributed by atoms with van der Waals surface area (Å²) in [4.78, 5) is 22.1. The molecule has 0 radical (unpaired) electrons. The van der Waals surface area contributed by atoms with Crippen molar-refractivity contribution in [1.29, 1.82) is 0 Å². The van der Waals surface area contributed by atoms with Crippen LogP contribution in [0, 0.1) is 6.92 Å². The quantitative estimate of drug-likeness (QED) is 0.812. The molecule has 0 aliphatic carbocycles. The number of rotatable bonds is 6. The van der Waals surface area contributed by atoms with Crippen LogP contribution >= 0.6 is 11.6 Å². The minimum absolute atomic E-state index is 0.0171. The molecule has 0 aromatic carbocycles. The second kappa shape index (κ2) is 7.28. The van der Waals surface area contributed by atoms with Crippen LogP contribution in [0.2, 0.25) is 5.15 Å². The van der Waals surface area contributed by atoms with Crippen LogP contribution in [0.1, 0.15) is 31.7 Å². The van der Waals surface area contributed by atoms with Crippen molar-refractivity contribution in [2.45, 2.75) is 33.6 Å². The highest BCUT2D eigenvalue weighted by atomic mass is 35.5. The number of aromatic nitrogens is 2. The van der Waals surface area contributed by atoms with Crippen LogP contribution in [0.15, 0.2) is 0 Å². The number of halogens is 1. The molecule has 1 amide bonds. The van der Waals surface area contributed by atoms with Gasteiger partial charge < -0.3 is 10.2 Å². The van der Waals surface area contributed by atoms with Crippen LogP contribution in [0.25, 0.3) is 0 Å². The second-order valence-electron chi connectivity index (χ2n) is 4.44. The molecule has 1 aromatic rings. The Labute approximate surface area is 119 Å². The van der Waals surface area contributed by atoms with Gasteiger partial charge in [-0.1, -0.05) is 25.4 Å². The molecule has 1 heterocycles. The molecule has 0 fully saturated rings. The van der Waals surface area contributed by atoms with Crippen LogP contribution in [0.3, 0.4) is 0 Å². The number of anilines is 1. The van der Waals surface area contributed by atoms with Gasteiger partial charge in [0.25, 0.3) is 0 Å². The molecule has 0 aliphatic heterocycles. The normalized spacial score (nSPS) is 10.4. The smallest absolute Gasteiger partial charge is 0.239 e. The maximum Gasteiger partial charge on any atom is 0.239 e. The number of hydrogen-bond donors (Lipinski definition) is 1. The van der Waals surface area contributed by atoms with Crippen molar-refractivity contribution < 1.29 is 4.79 Å². The van der Waals surface area contributed by atoms with Crippen molar-refractivity contribution in [3.63, 3.8) is 0 Å². The molecule has 1 aromatic heterocycles. The van der Waals surface area contributed by atoms with Crippen LogP contribution < -0.4 is 10.2 Å². The van der Waals surface area contributed by atoms with Gasteiger partial charge in [-0.25, -0.2) is 9.97 Å². The van der Waals surface area contributed by atoms with E-state index in [2.05, 4.69) is 15.3 Å². The van der Waals surface area contributed by atoms with E-state index in [9.17, 15) is 4.79 Å². The van der Waals surface area contributed by atoms with Crippen molar-refractivity contribution in [1.82, 2.24) is 15.3 Å². The highest BCUT2D eigenvalue weighted by molar-refractivity contribution is 6.30. The first kappa shape index (κ1) is 15.7. The molecule has 19 heavy (non-hydrogen) atoms. The highest BCUT2D eigenvalue weighted by Crippen LogP contribution is 2.22. The average Bonchev–Trinajstić information content (AvgIpc) is 2.39. The minimum atomic E-state index is -0.0171. The van der Waals surface area contributed by atoms with Crippen LogP contribution in [0.5, 0.6) is 0 Å². The standard InChI is InChI=1S/C13H21ClN4O/c1-5-7-15-11(19)8-18(4)13-9(3)12(14)16-10(6-2)17-13/h5-8H2,1-4H3,(H,15,19). The van der Waals surface area contributed by atoms with Gasteiger partial charge in [0.15, 0.2) is 0 Å². The van der Waals surface area contributed by atoms with Gasteiger partial charge >= 0.3 is 0 Å². The van der Waals surface area contributed by atoms with Gasteiger partial charge in [0, 0.05) is 25.6 Å². The zero-order valence-electron chi connectivity index (χ0n) is 12.0. The summed E-state index contributed by atoms with van der Waals surface area (Å²) in [6.45, 7) is 6.80. The van der Waals surface area contributed by atoms with E-state index < -0.39 is 0 Å². The lowest BCUT2D eigenvalue weighted by atomic mass is 10.3. The first-order valence-electron chi connectivity index (χ1n) is 6.50. The maximum atomic E-state index is 11.7. The fourth-order valence-corrected chi connectivity index (χ4v) is 1.84. The molecule has 1 N–H and O–H groups in total. The fraction of sp³-hybridized carbons (Fsp3) is 0.615. The molecule has 0 unspecified atom stereocenters. The molecular weight excluding hydrogens is 264 g/mol. The lowest BCUT2D eigenvalue weighted by Crippen LogP contribution is -2.36. The molecule has 1 rings (SSSR count). The van der Waals surface area contributed by atoms with E-state index in [0.29, 0.717) is 29.8 Å². The van der Waals surface area contributed by atoms with E-state index >= 15 is 0 Å². The number of nitrogens with one attached hydrogen (secondary N) is 1. The maximum absolute atomic E-state index is 11.7. The Bertz CT molecular complexity index is 451. The van der Waals surface area contributed by atoms with Crippen LogP contribution in [-0.2, 0) is 11.2 Å². The fourth-order valence-electron chi connectivity index (χ4n) is 1.66. The molecular formula is C13H21ClN4O. The van der Waals surface area contributed by atoms with Gasteiger partial charge in [-0.05, 0) is 13.3 Å². The number of likely N-dealkylation sites (N-methyl/N-ethyl adjacent to an activating group) is 1. The van der Waals surface area contributed by atoms with Crippen molar-refractivity contribution in [3.05, 3.63) is 16.5 Å². The number of aryl methyl sites for hydroxylation is 1. The average molecular weight is 285 g/mol. The van der Waals surface area contributed by atoms with E-state index in [4.69, 9.17) is 11.6 Å². The van der Waals surface area contributed by atoms with Crippen LogP contribution in [0.4, 0.5) is 5.82 Å². The Morgan fingerprint density at radius 3 is 2.63 bits per heavy atom. The number of amides is 1. The Morgan fingerprint density at radius 2 is 2.05 bits per heavy atom. The van der Waals surface area contributed by atoms with Crippen molar-refractivity contribution >= 4 is 23.3 Å². The predicted molar refractivity (Wildman–Crippen MR) is 77.7 cm³/mol. The zero-order chi connectivity index (χ0) is 14.4. The van der Waals surface area contributed by atoms with Crippen molar-refractivity contribution in [3.8, 4) is 0 Å². The van der Waals surface area contributed by atoms with Gasteiger partial charge in [0.1, 0.15) is 16.8 Å². The third-order valence-electron chi connectivity index (χ3n) is 2.74. The molecule has 0 aliphatic rings. The van der Waals surface area contributed by atoms with Gasteiger partial charge in [-0.2, -0.15) is 0 Å². The largest absolute Gasteiger partial charge is 0.355 e. The number of hydrogen-bond acceptors (Lipinski definition) is 4. The monoisotopic (exact) mass is 284 g/mol. The van der Waals surface area contributed by atoms with Crippen molar-refractivity contribution in [2.24, 2.45) is 0 Å². The van der Waals surface area contributed by atoms with Gasteiger partial charge in [0.2, 0.25) is 5.91 Å². The molecule has 106 valence electrons. The summed E-state index contributed by atoms with van der Waals surface area (Å²) in [5, 5.41) is 3.29. The summed E-state index contributed by atoms with van der Waals surface area (Å²) in [6, 6.07) is 0. The highest BCUT2D eigenvalue weighted by Gasteiger charge is 2.14. The van der Waals surface area contributed by atoms with E-state index in [1.54, 1.807) is 4.90 Å². The molecule has 6 heteroatoms. The predicted octanol–water partition coefficient (Wildman–Crippen LogP) is 1.96. The van der Waals surface area contributed by atoms with Gasteiger partial charge in [-0.3, -0.25) is 4.79 Å². The molecule has 0 saturated heterocycles.